The minimum atomic E-state index is -4.49. The number of carbonyl (C=O) groups excluding carboxylic acids is 2. The summed E-state index contributed by atoms with van der Waals surface area (Å²) < 4.78 is 52.1. The van der Waals surface area contributed by atoms with Gasteiger partial charge < -0.3 is 34.7 Å². The third-order valence-electron chi connectivity index (χ3n) is 3.21. The summed E-state index contributed by atoms with van der Waals surface area (Å²) in [5, 5.41) is 14.9. The zero-order chi connectivity index (χ0) is 20.6. The molecule has 0 saturated heterocycles. The number of methoxy groups -OCH3 is 3. The largest absolute Gasteiger partial charge is 0.530 e. The van der Waals surface area contributed by atoms with Crippen molar-refractivity contribution < 1.29 is 42.1 Å². The van der Waals surface area contributed by atoms with Crippen LogP contribution in [-0.2, 0) is 4.79 Å². The number of thioether (sulfide) groups is 1. The van der Waals surface area contributed by atoms with Crippen molar-refractivity contribution in [3.05, 3.63) is 12.1 Å². The van der Waals surface area contributed by atoms with Crippen molar-refractivity contribution in [3.8, 4) is 17.2 Å². The highest BCUT2D eigenvalue weighted by Crippen LogP contribution is 2.40. The number of anilines is 1. The van der Waals surface area contributed by atoms with Crippen molar-refractivity contribution in [1.29, 1.82) is 0 Å². The second-order valence-electron chi connectivity index (χ2n) is 4.97. The standard InChI is InChI=1S/C15H19F3N2O6S/c1-24-10-6-8(7-11(25-2)12(10)26-3)19-13(21)9(20-14(22)23)4-5-27-15(16,17)18/h6-7,9,20H,4-5H2,1-3H3,(H,19,21)(H,22,23)/p-1/t9-/m0/s1. The number of hydrogen-bond donors (Lipinski definition) is 2. The van der Waals surface area contributed by atoms with E-state index in [1.54, 1.807) is 5.32 Å². The Morgan fingerprint density at radius 1 is 1.15 bits per heavy atom. The third kappa shape index (κ3) is 7.33. The van der Waals surface area contributed by atoms with Crippen LogP contribution in [0.3, 0.4) is 0 Å². The van der Waals surface area contributed by atoms with Crippen molar-refractivity contribution in [2.75, 3.05) is 32.4 Å². The highest BCUT2D eigenvalue weighted by molar-refractivity contribution is 8.00. The Morgan fingerprint density at radius 2 is 1.70 bits per heavy atom. The molecule has 0 fully saturated rings. The molecule has 1 aromatic rings. The number of hydrogen-bond acceptors (Lipinski definition) is 7. The number of carbonyl (C=O) groups is 2. The van der Waals surface area contributed by atoms with Crippen LogP contribution in [0.15, 0.2) is 12.1 Å². The Hall–Kier alpha value is -2.50. The van der Waals surface area contributed by atoms with E-state index in [1.165, 1.54) is 33.5 Å². The Morgan fingerprint density at radius 3 is 2.11 bits per heavy atom. The fourth-order valence-electron chi connectivity index (χ4n) is 2.09. The van der Waals surface area contributed by atoms with Gasteiger partial charge in [0.2, 0.25) is 11.7 Å². The lowest BCUT2D eigenvalue weighted by Gasteiger charge is -2.21. The van der Waals surface area contributed by atoms with Crippen LogP contribution in [0, 0.1) is 0 Å². The van der Waals surface area contributed by atoms with Crippen molar-refractivity contribution in [1.82, 2.24) is 5.32 Å². The van der Waals surface area contributed by atoms with Crippen molar-refractivity contribution in [2.24, 2.45) is 0 Å². The molecule has 1 aromatic carbocycles. The third-order valence-corrected chi connectivity index (χ3v) is 3.98. The molecule has 0 aliphatic heterocycles. The van der Waals surface area contributed by atoms with Gasteiger partial charge in [-0.25, -0.2) is 0 Å². The second-order valence-corrected chi connectivity index (χ2v) is 6.13. The number of benzene rings is 1. The van der Waals surface area contributed by atoms with E-state index >= 15 is 0 Å². The maximum atomic E-state index is 12.3. The van der Waals surface area contributed by atoms with E-state index < -0.39 is 35.7 Å². The summed E-state index contributed by atoms with van der Waals surface area (Å²) in [5.74, 6) is -0.662. The highest BCUT2D eigenvalue weighted by Gasteiger charge is 2.29. The summed E-state index contributed by atoms with van der Waals surface area (Å²) >= 11 is -0.360. The maximum absolute atomic E-state index is 12.3. The number of ether oxygens (including phenoxy) is 3. The number of alkyl halides is 3. The lowest BCUT2D eigenvalue weighted by molar-refractivity contribution is -0.251. The monoisotopic (exact) mass is 411 g/mol. The van der Waals surface area contributed by atoms with Crippen LogP contribution in [0.4, 0.5) is 23.7 Å². The second kappa shape index (κ2) is 10.00. The lowest BCUT2D eigenvalue weighted by atomic mass is 10.2. The zero-order valence-corrected chi connectivity index (χ0v) is 15.5. The van der Waals surface area contributed by atoms with Gasteiger partial charge >= 0.3 is 5.51 Å². The summed E-state index contributed by atoms with van der Waals surface area (Å²) in [7, 11) is 4.10. The Labute approximate surface area is 157 Å². The minimum Gasteiger partial charge on any atom is -0.530 e. The summed E-state index contributed by atoms with van der Waals surface area (Å²) in [6, 6.07) is 1.34. The first-order valence-electron chi connectivity index (χ1n) is 7.40. The predicted octanol–water partition coefficient (Wildman–Crippen LogP) is 1.60. The van der Waals surface area contributed by atoms with Crippen LogP contribution >= 0.6 is 11.8 Å². The first-order chi connectivity index (χ1) is 12.6. The number of halogens is 3. The van der Waals surface area contributed by atoms with E-state index in [-0.39, 0.29) is 34.7 Å². The molecule has 0 aliphatic carbocycles. The highest BCUT2D eigenvalue weighted by atomic mass is 32.2. The van der Waals surface area contributed by atoms with Crippen molar-refractivity contribution in [3.63, 3.8) is 0 Å². The average Bonchev–Trinajstić information content (AvgIpc) is 2.58. The molecule has 0 heterocycles. The predicted molar refractivity (Wildman–Crippen MR) is 90.2 cm³/mol. The van der Waals surface area contributed by atoms with Gasteiger partial charge in [0.15, 0.2) is 11.5 Å². The molecular weight excluding hydrogens is 393 g/mol. The van der Waals surface area contributed by atoms with Gasteiger partial charge in [-0.3, -0.25) is 4.79 Å². The number of nitrogens with one attached hydrogen (secondary N) is 2. The minimum absolute atomic E-state index is 0.170. The summed E-state index contributed by atoms with van der Waals surface area (Å²) in [6.07, 6.45) is -2.17. The van der Waals surface area contributed by atoms with E-state index in [0.29, 0.717) is 0 Å². The van der Waals surface area contributed by atoms with Crippen molar-refractivity contribution >= 4 is 29.4 Å². The topological polar surface area (TPSA) is 109 Å². The molecule has 2 N–H and O–H groups in total. The molecule has 0 aromatic heterocycles. The molecular formula is C15H18F3N2O6S-. The van der Waals surface area contributed by atoms with Gasteiger partial charge in [0.1, 0.15) is 12.1 Å². The quantitative estimate of drug-likeness (QED) is 0.635. The SMILES string of the molecule is COc1cc(NC(=O)[C@H](CCSC(F)(F)F)NC(=O)[O-])cc(OC)c1OC. The Bertz CT molecular complexity index is 646. The van der Waals surface area contributed by atoms with Gasteiger partial charge in [0, 0.05) is 23.6 Å². The normalized spacial score (nSPS) is 12.1. The molecule has 0 radical (unpaired) electrons. The van der Waals surface area contributed by atoms with Crippen molar-refractivity contribution in [2.45, 2.75) is 18.0 Å². The molecule has 0 spiro atoms. The molecule has 1 atom stereocenters. The van der Waals surface area contributed by atoms with E-state index in [1.807, 2.05) is 0 Å². The number of rotatable bonds is 9. The molecule has 0 bridgehead atoms. The van der Waals surface area contributed by atoms with E-state index in [4.69, 9.17) is 14.2 Å². The van der Waals surface area contributed by atoms with Gasteiger partial charge in [-0.05, 0) is 6.42 Å². The van der Waals surface area contributed by atoms with Gasteiger partial charge in [-0.15, -0.1) is 0 Å². The smallest absolute Gasteiger partial charge is 0.441 e. The Kier molecular flexibility index (Phi) is 8.34. The van der Waals surface area contributed by atoms with E-state index in [9.17, 15) is 27.9 Å². The molecule has 0 unspecified atom stereocenters. The molecule has 2 amide bonds. The Balaban J connectivity index is 2.95. The molecule has 0 saturated carbocycles. The maximum Gasteiger partial charge on any atom is 0.441 e. The van der Waals surface area contributed by atoms with Gasteiger partial charge in [0.05, 0.1) is 21.3 Å². The first kappa shape index (κ1) is 22.5. The number of carboxylic acid groups (broad SMARTS) is 1. The summed E-state index contributed by atoms with van der Waals surface area (Å²) in [4.78, 5) is 23.0. The van der Waals surface area contributed by atoms with Gasteiger partial charge in [-0.2, -0.15) is 13.2 Å². The van der Waals surface area contributed by atoms with Crippen LogP contribution in [0.25, 0.3) is 0 Å². The average molecular weight is 411 g/mol. The lowest BCUT2D eigenvalue weighted by Crippen LogP contribution is -2.49. The van der Waals surface area contributed by atoms with Crippen LogP contribution in [0.5, 0.6) is 17.2 Å². The first-order valence-corrected chi connectivity index (χ1v) is 8.39. The van der Waals surface area contributed by atoms with Crippen LogP contribution < -0.4 is 30.0 Å². The van der Waals surface area contributed by atoms with Crippen LogP contribution in [0.1, 0.15) is 6.42 Å². The molecule has 152 valence electrons. The van der Waals surface area contributed by atoms with E-state index in [0.717, 1.165) is 0 Å². The van der Waals surface area contributed by atoms with Gasteiger partial charge in [-0.1, -0.05) is 11.8 Å². The fraction of sp³-hybridized carbons (Fsp3) is 0.467. The zero-order valence-electron chi connectivity index (χ0n) is 14.6. The van der Waals surface area contributed by atoms with Crippen LogP contribution in [-0.4, -0.2) is 50.6 Å². The summed E-state index contributed by atoms with van der Waals surface area (Å²) in [6.45, 7) is 0. The molecule has 8 nitrogen and oxygen atoms in total. The molecule has 1 rings (SSSR count). The molecule has 27 heavy (non-hydrogen) atoms. The van der Waals surface area contributed by atoms with Crippen LogP contribution in [0.2, 0.25) is 0 Å². The summed E-state index contributed by atoms with van der Waals surface area (Å²) in [5.41, 5.74) is -4.32. The van der Waals surface area contributed by atoms with E-state index in [2.05, 4.69) is 5.32 Å². The molecule has 12 heteroatoms. The number of amides is 2. The molecule has 0 aliphatic rings. The van der Waals surface area contributed by atoms with Gasteiger partial charge in [0.25, 0.3) is 0 Å². The fourth-order valence-corrected chi connectivity index (χ4v) is 2.67.